The van der Waals surface area contributed by atoms with Gasteiger partial charge < -0.3 is 28.5 Å². The van der Waals surface area contributed by atoms with Crippen molar-refractivity contribution in [1.29, 1.82) is 0 Å². The molecule has 102 heavy (non-hydrogen) atoms. The Labute approximate surface area is 634 Å². The van der Waals surface area contributed by atoms with Gasteiger partial charge in [0.25, 0.3) is 6.29 Å². The third-order valence-electron chi connectivity index (χ3n) is 20.2. The molecular formula is C93H172NO8+. The lowest BCUT2D eigenvalue weighted by atomic mass is 10.0. The van der Waals surface area contributed by atoms with Crippen molar-refractivity contribution in [2.24, 2.45) is 0 Å². The van der Waals surface area contributed by atoms with E-state index >= 15 is 0 Å². The predicted molar refractivity (Wildman–Crippen MR) is 443 cm³/mol. The largest absolute Gasteiger partial charge is 0.477 e. The van der Waals surface area contributed by atoms with Crippen LogP contribution in [0.15, 0.2) is 72.9 Å². The van der Waals surface area contributed by atoms with E-state index in [2.05, 4.69) is 86.8 Å². The molecule has 1 N–H and O–H groups in total. The summed E-state index contributed by atoms with van der Waals surface area (Å²) in [5.74, 6) is -1.97. The Morgan fingerprint density at radius 3 is 0.833 bits per heavy atom. The van der Waals surface area contributed by atoms with Crippen LogP contribution in [0.5, 0.6) is 0 Å². The van der Waals surface area contributed by atoms with Gasteiger partial charge in [0.1, 0.15) is 13.2 Å². The van der Waals surface area contributed by atoms with Gasteiger partial charge in [0, 0.05) is 12.8 Å². The fraction of sp³-hybridized carbons (Fsp3) is 0.839. The van der Waals surface area contributed by atoms with Crippen LogP contribution in [-0.4, -0.2) is 87.4 Å². The minimum Gasteiger partial charge on any atom is -0.477 e. The van der Waals surface area contributed by atoms with Crippen LogP contribution < -0.4 is 0 Å². The number of aliphatic carboxylic acids is 1. The van der Waals surface area contributed by atoms with Crippen LogP contribution in [0.2, 0.25) is 0 Å². The lowest BCUT2D eigenvalue weighted by Gasteiger charge is -2.25. The maximum Gasteiger partial charge on any atom is 0.361 e. The summed E-state index contributed by atoms with van der Waals surface area (Å²) in [5, 5.41) is 9.79. The zero-order chi connectivity index (χ0) is 73.9. The van der Waals surface area contributed by atoms with E-state index in [9.17, 15) is 19.5 Å². The second kappa shape index (κ2) is 83.4. The van der Waals surface area contributed by atoms with E-state index in [1.807, 2.05) is 21.1 Å². The van der Waals surface area contributed by atoms with Crippen LogP contribution in [0.3, 0.4) is 0 Å². The fourth-order valence-corrected chi connectivity index (χ4v) is 13.5. The third kappa shape index (κ3) is 84.0. The molecule has 0 rings (SSSR count). The normalized spacial score (nSPS) is 12.9. The second-order valence-corrected chi connectivity index (χ2v) is 31.5. The molecule has 596 valence electrons. The minimum atomic E-state index is -1.51. The highest BCUT2D eigenvalue weighted by atomic mass is 16.7. The van der Waals surface area contributed by atoms with Gasteiger partial charge in [0.05, 0.1) is 34.4 Å². The number of hydrogen-bond acceptors (Lipinski definition) is 7. The maximum atomic E-state index is 13.0. The lowest BCUT2D eigenvalue weighted by molar-refractivity contribution is -0.870. The molecule has 9 nitrogen and oxygen atoms in total. The molecule has 0 saturated carbocycles. The van der Waals surface area contributed by atoms with E-state index in [1.54, 1.807) is 0 Å². The number of hydrogen-bond donors (Lipinski definition) is 1. The molecule has 0 aliphatic rings. The summed E-state index contributed by atoms with van der Waals surface area (Å²) in [4.78, 5) is 37.8. The molecule has 0 heterocycles. The van der Waals surface area contributed by atoms with Crippen LogP contribution in [0.25, 0.3) is 0 Å². The van der Waals surface area contributed by atoms with Crippen molar-refractivity contribution >= 4 is 17.9 Å². The predicted octanol–water partition coefficient (Wildman–Crippen LogP) is 29.1. The molecule has 0 saturated heterocycles. The molecule has 0 spiro atoms. The Balaban J connectivity index is 3.92. The van der Waals surface area contributed by atoms with E-state index in [0.717, 1.165) is 77.0 Å². The Bertz CT molecular complexity index is 1910. The first kappa shape index (κ1) is 98.7. The van der Waals surface area contributed by atoms with Gasteiger partial charge in [-0.05, 0) is 64.2 Å². The molecule has 0 aromatic carbocycles. The van der Waals surface area contributed by atoms with E-state index in [1.165, 1.54) is 340 Å². The molecule has 0 aromatic heterocycles. The van der Waals surface area contributed by atoms with Gasteiger partial charge in [0.2, 0.25) is 0 Å². The lowest BCUT2D eigenvalue weighted by Crippen LogP contribution is -2.40. The SMILES string of the molecule is CC/C=C\C/C=C\C/C=C\C/C=C\C/C=C\C/C=C\CCCCCCCCCCCCCCCCCCCCCCC(=O)OC(COC(=O)CCCCCCCCCCCCCCCCCCCCCCCCCCCCCCCCCCCCCCCC)COC(OCC[N+](C)(C)C)C(=O)O. The van der Waals surface area contributed by atoms with E-state index in [-0.39, 0.29) is 38.2 Å². The van der Waals surface area contributed by atoms with Crippen molar-refractivity contribution in [1.82, 2.24) is 0 Å². The highest BCUT2D eigenvalue weighted by Crippen LogP contribution is 2.21. The van der Waals surface area contributed by atoms with Crippen molar-refractivity contribution < 1.29 is 42.9 Å². The van der Waals surface area contributed by atoms with Crippen LogP contribution >= 0.6 is 0 Å². The van der Waals surface area contributed by atoms with Crippen molar-refractivity contribution in [2.45, 2.75) is 456 Å². The van der Waals surface area contributed by atoms with Crippen LogP contribution in [0, 0.1) is 0 Å². The van der Waals surface area contributed by atoms with E-state index < -0.39 is 18.4 Å². The Kier molecular flexibility index (Phi) is 80.7. The number of likely N-dealkylation sites (N-methyl/N-ethyl adjacent to an activating group) is 1. The molecule has 0 amide bonds. The Hall–Kier alpha value is -3.27. The first-order chi connectivity index (χ1) is 50.1. The number of rotatable bonds is 84. The summed E-state index contributed by atoms with van der Waals surface area (Å²) in [6.45, 7) is 4.84. The molecule has 2 unspecified atom stereocenters. The summed E-state index contributed by atoms with van der Waals surface area (Å²) < 4.78 is 23.1. The third-order valence-corrected chi connectivity index (χ3v) is 20.2. The van der Waals surface area contributed by atoms with Gasteiger partial charge in [0.15, 0.2) is 6.10 Å². The van der Waals surface area contributed by atoms with E-state index in [4.69, 9.17) is 18.9 Å². The van der Waals surface area contributed by atoms with Gasteiger partial charge in [-0.3, -0.25) is 9.59 Å². The Morgan fingerprint density at radius 2 is 0.559 bits per heavy atom. The molecule has 0 fully saturated rings. The zero-order valence-corrected chi connectivity index (χ0v) is 68.5. The number of unbranched alkanes of at least 4 members (excludes halogenated alkanes) is 57. The summed E-state index contributed by atoms with van der Waals surface area (Å²) in [6.07, 6.45) is 111. The number of nitrogens with zero attached hydrogens (tertiary/aromatic N) is 1. The second-order valence-electron chi connectivity index (χ2n) is 31.5. The average molecular weight is 1430 g/mol. The summed E-state index contributed by atoms with van der Waals surface area (Å²) in [5.41, 5.74) is 0. The quantitative estimate of drug-likeness (QED) is 0.0211. The number of carbonyl (C=O) groups is 3. The fourth-order valence-electron chi connectivity index (χ4n) is 13.5. The monoisotopic (exact) mass is 1430 g/mol. The van der Waals surface area contributed by atoms with Crippen molar-refractivity contribution in [2.75, 3.05) is 47.5 Å². The van der Waals surface area contributed by atoms with Crippen molar-refractivity contribution in [3.63, 3.8) is 0 Å². The average Bonchev–Trinajstić information content (AvgIpc) is 0.997. The highest BCUT2D eigenvalue weighted by molar-refractivity contribution is 5.71. The number of carboxylic acids is 1. The molecule has 0 aliphatic carbocycles. The van der Waals surface area contributed by atoms with Gasteiger partial charge in [-0.15, -0.1) is 0 Å². The molecule has 0 aromatic rings. The van der Waals surface area contributed by atoms with Crippen molar-refractivity contribution in [3.8, 4) is 0 Å². The number of carboxylic acid groups (broad SMARTS) is 1. The highest BCUT2D eigenvalue weighted by Gasteiger charge is 2.25. The molecule has 2 atom stereocenters. The first-order valence-electron chi connectivity index (χ1n) is 44.6. The summed E-state index contributed by atoms with van der Waals surface area (Å²) >= 11 is 0. The first-order valence-corrected chi connectivity index (χ1v) is 44.6. The van der Waals surface area contributed by atoms with Gasteiger partial charge >= 0.3 is 17.9 Å². The molecular weight excluding hydrogens is 1260 g/mol. The minimum absolute atomic E-state index is 0.177. The van der Waals surface area contributed by atoms with Gasteiger partial charge in [-0.2, -0.15) is 0 Å². The smallest absolute Gasteiger partial charge is 0.361 e. The van der Waals surface area contributed by atoms with Crippen LogP contribution in [-0.2, 0) is 33.3 Å². The molecule has 0 bridgehead atoms. The van der Waals surface area contributed by atoms with Gasteiger partial charge in [-0.1, -0.05) is 440 Å². The summed E-state index contributed by atoms with van der Waals surface area (Å²) in [7, 11) is 6.00. The number of quaternary nitrogens is 1. The molecule has 0 radical (unpaired) electrons. The van der Waals surface area contributed by atoms with Crippen LogP contribution in [0.1, 0.15) is 444 Å². The molecule has 0 aliphatic heterocycles. The van der Waals surface area contributed by atoms with Crippen molar-refractivity contribution in [3.05, 3.63) is 72.9 Å². The summed E-state index contributed by atoms with van der Waals surface area (Å²) in [6, 6.07) is 0. The number of carbonyl (C=O) groups excluding carboxylic acids is 2. The maximum absolute atomic E-state index is 13.0. The number of allylic oxidation sites excluding steroid dienone is 12. The number of esters is 2. The van der Waals surface area contributed by atoms with E-state index in [0.29, 0.717) is 17.4 Å². The standard InChI is InChI=1S/C93H171NO8/c1-6-8-10-12-14-16-18-20-22-24-26-28-30-32-34-36-38-40-42-44-46-48-50-52-54-56-58-60-62-64-66-68-70-72-74-76-78-80-82-84-91(96)102-89(88-101-93(92(97)98)99-86-85-94(3,4)5)87-100-90(95)83-81-79-77-75-73-71-69-67-65-63-61-59-57-55-53-51-49-47-45-43-41-39-37-35-33-31-29-27-25-23-21-19-17-15-13-11-9-7-2/h8,10,14,16,20,22,26,28,32,34,38,40,89,93H,6-7,9,11-13,15,17-19,21,23-25,27,29-31,33,35-37,39,41-88H2,1-5H3/p+1/b10-8-,16-14-,22-20-,28-26-,34-32-,40-38-. The Morgan fingerprint density at radius 1 is 0.304 bits per heavy atom. The molecule has 9 heteroatoms. The number of ether oxygens (including phenoxy) is 4. The topological polar surface area (TPSA) is 108 Å². The van der Waals surface area contributed by atoms with Crippen LogP contribution in [0.4, 0.5) is 0 Å². The van der Waals surface area contributed by atoms with Gasteiger partial charge in [-0.25, -0.2) is 4.79 Å². The zero-order valence-electron chi connectivity index (χ0n) is 68.5.